The van der Waals surface area contributed by atoms with Crippen LogP contribution in [0.4, 0.5) is 0 Å². The second kappa shape index (κ2) is 5.21. The first kappa shape index (κ1) is 13.6. The summed E-state index contributed by atoms with van der Waals surface area (Å²) in [6.45, 7) is 0.405. The van der Waals surface area contributed by atoms with Crippen molar-refractivity contribution < 1.29 is 4.79 Å². The van der Waals surface area contributed by atoms with Crippen molar-refractivity contribution in [2.45, 2.75) is 6.54 Å². The van der Waals surface area contributed by atoms with Crippen molar-refractivity contribution in [2.75, 3.05) is 7.05 Å². The van der Waals surface area contributed by atoms with Gasteiger partial charge < -0.3 is 9.30 Å². The first-order chi connectivity index (χ1) is 10.1. The van der Waals surface area contributed by atoms with Crippen molar-refractivity contribution in [1.82, 2.24) is 24.1 Å². The Balaban J connectivity index is 1.82. The number of rotatable bonds is 3. The number of amides is 1. The highest BCUT2D eigenvalue weighted by atomic mass is 35.5. The van der Waals surface area contributed by atoms with E-state index in [0.29, 0.717) is 17.3 Å². The van der Waals surface area contributed by atoms with Gasteiger partial charge in [-0.25, -0.2) is 4.98 Å². The third kappa shape index (κ3) is 2.50. The number of carbonyl (C=O) groups is 1. The van der Waals surface area contributed by atoms with Crippen LogP contribution in [0.3, 0.4) is 0 Å². The van der Waals surface area contributed by atoms with E-state index in [1.807, 2.05) is 35.0 Å². The Morgan fingerprint density at radius 3 is 2.90 bits per heavy atom. The highest BCUT2D eigenvalue weighted by Gasteiger charge is 2.20. The molecule has 7 heteroatoms. The van der Waals surface area contributed by atoms with Gasteiger partial charge in [-0.2, -0.15) is 5.10 Å². The summed E-state index contributed by atoms with van der Waals surface area (Å²) >= 11 is 6.00. The molecule has 3 rings (SSSR count). The Morgan fingerprint density at radius 2 is 2.24 bits per heavy atom. The quantitative estimate of drug-likeness (QED) is 0.743. The van der Waals surface area contributed by atoms with Crippen LogP contribution in [0.25, 0.3) is 5.65 Å². The molecule has 3 aromatic heterocycles. The molecule has 0 saturated heterocycles. The number of aryl methyl sites for hydroxylation is 1. The lowest BCUT2D eigenvalue weighted by Crippen LogP contribution is -2.28. The van der Waals surface area contributed by atoms with Crippen LogP contribution in [0.15, 0.2) is 36.8 Å². The second-order valence-corrected chi connectivity index (χ2v) is 5.23. The number of fused-ring (bicyclic) bond motifs is 1. The van der Waals surface area contributed by atoms with Crippen LogP contribution >= 0.6 is 11.6 Å². The van der Waals surface area contributed by atoms with Gasteiger partial charge in [0.25, 0.3) is 5.91 Å². The summed E-state index contributed by atoms with van der Waals surface area (Å²) in [7, 11) is 3.41. The van der Waals surface area contributed by atoms with Crippen molar-refractivity contribution in [3.8, 4) is 0 Å². The number of hydrogen-bond acceptors (Lipinski definition) is 3. The normalized spacial score (nSPS) is 11.0. The van der Waals surface area contributed by atoms with Crippen LogP contribution in [-0.4, -0.2) is 37.0 Å². The third-order valence-electron chi connectivity index (χ3n) is 3.26. The number of imidazole rings is 1. The van der Waals surface area contributed by atoms with Crippen molar-refractivity contribution in [2.24, 2.45) is 7.05 Å². The van der Waals surface area contributed by atoms with E-state index in [0.717, 1.165) is 11.3 Å². The number of halogens is 1. The Labute approximate surface area is 126 Å². The van der Waals surface area contributed by atoms with E-state index in [1.54, 1.807) is 19.0 Å². The average molecular weight is 304 g/mol. The fraction of sp³-hybridized carbons (Fsp3) is 0.214. The van der Waals surface area contributed by atoms with Gasteiger partial charge in [0.15, 0.2) is 0 Å². The van der Waals surface area contributed by atoms with Crippen LogP contribution in [0.1, 0.15) is 16.2 Å². The zero-order valence-corrected chi connectivity index (χ0v) is 12.4. The average Bonchev–Trinajstić information content (AvgIpc) is 3.01. The van der Waals surface area contributed by atoms with Crippen LogP contribution in [0.5, 0.6) is 0 Å². The molecule has 0 aliphatic heterocycles. The van der Waals surface area contributed by atoms with E-state index in [-0.39, 0.29) is 5.91 Å². The van der Waals surface area contributed by atoms with Crippen LogP contribution in [0.2, 0.25) is 5.02 Å². The molecule has 6 nitrogen and oxygen atoms in total. The Kier molecular flexibility index (Phi) is 3.39. The molecule has 3 heterocycles. The summed E-state index contributed by atoms with van der Waals surface area (Å²) < 4.78 is 3.40. The smallest absolute Gasteiger partial charge is 0.273 e. The van der Waals surface area contributed by atoms with Gasteiger partial charge in [0.05, 0.1) is 23.5 Å². The summed E-state index contributed by atoms with van der Waals surface area (Å²) in [5, 5.41) is 4.33. The number of aromatic nitrogens is 4. The maximum Gasteiger partial charge on any atom is 0.273 e. The lowest BCUT2D eigenvalue weighted by atomic mass is 10.3. The molecule has 0 N–H and O–H groups in total. The molecular weight excluding hydrogens is 290 g/mol. The topological polar surface area (TPSA) is 55.4 Å². The summed E-state index contributed by atoms with van der Waals surface area (Å²) in [6.07, 6.45) is 5.29. The maximum atomic E-state index is 12.4. The SMILES string of the molecule is CN(Cc1cn2ccccc2n1)C(=O)c1c(Cl)cnn1C. The van der Waals surface area contributed by atoms with E-state index in [4.69, 9.17) is 11.6 Å². The zero-order valence-electron chi connectivity index (χ0n) is 11.7. The molecule has 1 amide bonds. The van der Waals surface area contributed by atoms with Gasteiger partial charge >= 0.3 is 0 Å². The summed E-state index contributed by atoms with van der Waals surface area (Å²) in [5.41, 5.74) is 2.05. The molecule has 0 fully saturated rings. The van der Waals surface area contributed by atoms with E-state index >= 15 is 0 Å². The first-order valence-electron chi connectivity index (χ1n) is 6.42. The molecule has 0 saturated carbocycles. The van der Waals surface area contributed by atoms with Crippen molar-refractivity contribution >= 4 is 23.2 Å². The molecule has 0 aromatic carbocycles. The largest absolute Gasteiger partial charge is 0.334 e. The van der Waals surface area contributed by atoms with Crippen molar-refractivity contribution in [3.05, 3.63) is 53.2 Å². The Bertz CT molecular complexity index is 754. The minimum Gasteiger partial charge on any atom is -0.334 e. The molecule has 0 radical (unpaired) electrons. The summed E-state index contributed by atoms with van der Waals surface area (Å²) in [6, 6.07) is 5.78. The highest BCUT2D eigenvalue weighted by Crippen LogP contribution is 2.17. The predicted octanol–water partition coefficient (Wildman–Crippen LogP) is 1.99. The molecule has 108 valence electrons. The van der Waals surface area contributed by atoms with E-state index in [1.165, 1.54) is 10.9 Å². The highest BCUT2D eigenvalue weighted by molar-refractivity contribution is 6.33. The maximum absolute atomic E-state index is 12.4. The van der Waals surface area contributed by atoms with Crippen molar-refractivity contribution in [1.29, 1.82) is 0 Å². The molecule has 0 atom stereocenters. The van der Waals surface area contributed by atoms with E-state index in [2.05, 4.69) is 10.1 Å². The zero-order chi connectivity index (χ0) is 15.0. The van der Waals surface area contributed by atoms with Gasteiger partial charge in [-0.3, -0.25) is 9.48 Å². The molecular formula is C14H14ClN5O. The number of carbonyl (C=O) groups excluding carboxylic acids is 1. The predicted molar refractivity (Wildman–Crippen MR) is 79.2 cm³/mol. The molecule has 21 heavy (non-hydrogen) atoms. The fourth-order valence-corrected chi connectivity index (χ4v) is 2.46. The van der Waals surface area contributed by atoms with Crippen LogP contribution in [0, 0.1) is 0 Å². The molecule has 0 unspecified atom stereocenters. The minimum atomic E-state index is -0.183. The van der Waals surface area contributed by atoms with Crippen LogP contribution in [-0.2, 0) is 13.6 Å². The van der Waals surface area contributed by atoms with E-state index in [9.17, 15) is 4.79 Å². The molecule has 0 aliphatic rings. The van der Waals surface area contributed by atoms with Gasteiger partial charge in [-0.1, -0.05) is 17.7 Å². The summed E-state index contributed by atoms with van der Waals surface area (Å²) in [4.78, 5) is 18.5. The monoisotopic (exact) mass is 303 g/mol. The van der Waals surface area contributed by atoms with Crippen LogP contribution < -0.4 is 0 Å². The molecule has 3 aromatic rings. The number of hydrogen-bond donors (Lipinski definition) is 0. The van der Waals surface area contributed by atoms with Gasteiger partial charge in [0.1, 0.15) is 11.3 Å². The fourth-order valence-electron chi connectivity index (χ4n) is 2.21. The van der Waals surface area contributed by atoms with Crippen molar-refractivity contribution in [3.63, 3.8) is 0 Å². The lowest BCUT2D eigenvalue weighted by Gasteiger charge is -2.16. The Morgan fingerprint density at radius 1 is 1.43 bits per heavy atom. The molecule has 0 spiro atoms. The lowest BCUT2D eigenvalue weighted by molar-refractivity contribution is 0.0773. The number of nitrogens with zero attached hydrogens (tertiary/aromatic N) is 5. The standard InChI is InChI=1S/C14H14ClN5O/c1-18(14(21)13-11(15)7-16-19(13)2)8-10-9-20-6-4-3-5-12(20)17-10/h3-7,9H,8H2,1-2H3. The summed E-state index contributed by atoms with van der Waals surface area (Å²) in [5.74, 6) is -0.183. The van der Waals surface area contributed by atoms with Gasteiger partial charge in [0.2, 0.25) is 0 Å². The third-order valence-corrected chi connectivity index (χ3v) is 3.53. The van der Waals surface area contributed by atoms with E-state index < -0.39 is 0 Å². The van der Waals surface area contributed by atoms with Gasteiger partial charge in [-0.05, 0) is 12.1 Å². The molecule has 0 bridgehead atoms. The van der Waals surface area contributed by atoms with Gasteiger partial charge in [-0.15, -0.1) is 0 Å². The second-order valence-electron chi connectivity index (χ2n) is 4.82. The molecule has 0 aliphatic carbocycles. The van der Waals surface area contributed by atoms with Gasteiger partial charge in [0, 0.05) is 26.5 Å². The number of pyridine rings is 1. The Hall–Kier alpha value is -2.34. The minimum absolute atomic E-state index is 0.183. The first-order valence-corrected chi connectivity index (χ1v) is 6.79.